The number of halogens is 2. The van der Waals surface area contributed by atoms with Crippen LogP contribution in [-0.2, 0) is 4.79 Å². The number of carbonyl (C=O) groups is 1. The summed E-state index contributed by atoms with van der Waals surface area (Å²) >= 11 is 5.90. The number of piperazine rings is 1. The Morgan fingerprint density at radius 2 is 1.77 bits per heavy atom. The smallest absolute Gasteiger partial charge is 0.294 e. The largest absolute Gasteiger partial charge is 0.363 e. The van der Waals surface area contributed by atoms with Crippen LogP contribution in [0, 0.1) is 15.9 Å². The molecule has 9 heteroatoms. The summed E-state index contributed by atoms with van der Waals surface area (Å²) in [4.78, 5) is 27.6. The van der Waals surface area contributed by atoms with Crippen molar-refractivity contribution >= 4 is 28.9 Å². The van der Waals surface area contributed by atoms with E-state index in [0.717, 1.165) is 5.56 Å². The van der Waals surface area contributed by atoms with Gasteiger partial charge in [-0.15, -0.1) is 0 Å². The van der Waals surface area contributed by atoms with Crippen LogP contribution in [-0.4, -0.2) is 48.0 Å². The number of rotatable bonds is 6. The maximum absolute atomic E-state index is 13.1. The van der Waals surface area contributed by atoms with Gasteiger partial charge >= 0.3 is 0 Å². The highest BCUT2D eigenvalue weighted by Crippen LogP contribution is 2.31. The molecule has 0 saturated carbocycles. The van der Waals surface area contributed by atoms with Gasteiger partial charge in [0, 0.05) is 37.3 Å². The van der Waals surface area contributed by atoms with Gasteiger partial charge in [0.05, 0.1) is 17.0 Å². The van der Waals surface area contributed by atoms with Crippen molar-refractivity contribution < 1.29 is 14.1 Å². The molecular weight excluding hydrogens is 411 g/mol. The molecule has 1 fully saturated rings. The van der Waals surface area contributed by atoms with Gasteiger partial charge in [-0.05, 0) is 43.7 Å². The van der Waals surface area contributed by atoms with E-state index in [4.69, 9.17) is 11.6 Å². The van der Waals surface area contributed by atoms with Crippen molar-refractivity contribution in [3.8, 4) is 0 Å². The van der Waals surface area contributed by atoms with Crippen LogP contribution < -0.4 is 10.2 Å². The molecule has 1 saturated heterocycles. The van der Waals surface area contributed by atoms with Gasteiger partial charge in [0.25, 0.3) is 5.69 Å². The Balaban J connectivity index is 1.58. The molecule has 1 aliphatic rings. The molecule has 0 unspecified atom stereocenters. The molecule has 0 spiro atoms. The molecule has 0 aromatic heterocycles. The second-order valence-corrected chi connectivity index (χ2v) is 7.81. The van der Waals surface area contributed by atoms with Gasteiger partial charge in [0.15, 0.2) is 0 Å². The lowest BCUT2D eigenvalue weighted by atomic mass is 10.1. The standard InChI is InChI=1S/C21H24ClFN4O3/c1-14(16-3-6-18(23)7-4-16)24-21(28)15(2)25-9-11-26(12-10-25)19-8-5-17(22)13-20(19)27(29)30/h3-8,13-15H,9-12H2,1-2H3,(H,24,28)/t14-,15+/m0/s1. The Kier molecular flexibility index (Phi) is 6.89. The summed E-state index contributed by atoms with van der Waals surface area (Å²) in [7, 11) is 0. The molecule has 2 atom stereocenters. The lowest BCUT2D eigenvalue weighted by molar-refractivity contribution is -0.384. The second kappa shape index (κ2) is 9.40. The summed E-state index contributed by atoms with van der Waals surface area (Å²) in [6.07, 6.45) is 0. The third kappa shape index (κ3) is 5.06. The van der Waals surface area contributed by atoms with Gasteiger partial charge < -0.3 is 10.2 Å². The molecule has 2 aromatic carbocycles. The van der Waals surface area contributed by atoms with E-state index < -0.39 is 4.92 Å². The minimum atomic E-state index is -0.430. The number of nitrogens with zero attached hydrogens (tertiary/aromatic N) is 3. The fourth-order valence-corrected chi connectivity index (χ4v) is 3.76. The molecular formula is C21H24ClFN4O3. The van der Waals surface area contributed by atoms with Crippen molar-refractivity contribution in [2.24, 2.45) is 0 Å². The molecule has 1 heterocycles. The molecule has 2 aromatic rings. The minimum Gasteiger partial charge on any atom is -0.363 e. The van der Waals surface area contributed by atoms with E-state index in [1.165, 1.54) is 18.2 Å². The van der Waals surface area contributed by atoms with Crippen LogP contribution in [0.2, 0.25) is 5.02 Å². The number of hydrogen-bond acceptors (Lipinski definition) is 5. The molecule has 0 radical (unpaired) electrons. The second-order valence-electron chi connectivity index (χ2n) is 7.37. The van der Waals surface area contributed by atoms with E-state index in [1.807, 2.05) is 23.6 Å². The van der Waals surface area contributed by atoms with Gasteiger partial charge in [-0.3, -0.25) is 19.8 Å². The first-order valence-corrected chi connectivity index (χ1v) is 10.1. The van der Waals surface area contributed by atoms with E-state index in [9.17, 15) is 19.3 Å². The molecule has 3 rings (SSSR count). The zero-order valence-electron chi connectivity index (χ0n) is 16.8. The monoisotopic (exact) mass is 434 g/mol. The Labute approximate surface area is 179 Å². The molecule has 160 valence electrons. The third-order valence-electron chi connectivity index (χ3n) is 5.45. The number of nitrogens with one attached hydrogen (secondary N) is 1. The van der Waals surface area contributed by atoms with Crippen LogP contribution in [0.5, 0.6) is 0 Å². The molecule has 0 aliphatic carbocycles. The average Bonchev–Trinajstić information content (AvgIpc) is 2.73. The Morgan fingerprint density at radius 3 is 2.37 bits per heavy atom. The highest BCUT2D eigenvalue weighted by atomic mass is 35.5. The van der Waals surface area contributed by atoms with E-state index >= 15 is 0 Å². The lowest BCUT2D eigenvalue weighted by Crippen LogP contribution is -2.54. The number of nitro groups is 1. The Morgan fingerprint density at radius 1 is 1.13 bits per heavy atom. The highest BCUT2D eigenvalue weighted by Gasteiger charge is 2.29. The van der Waals surface area contributed by atoms with Gasteiger partial charge in [0.2, 0.25) is 5.91 Å². The number of nitro benzene ring substituents is 1. The van der Waals surface area contributed by atoms with Crippen LogP contribution >= 0.6 is 11.6 Å². The van der Waals surface area contributed by atoms with Crippen LogP contribution in [0.25, 0.3) is 0 Å². The van der Waals surface area contributed by atoms with Gasteiger partial charge in [0.1, 0.15) is 11.5 Å². The van der Waals surface area contributed by atoms with E-state index in [2.05, 4.69) is 5.32 Å². The zero-order chi connectivity index (χ0) is 21.8. The van der Waals surface area contributed by atoms with Crippen LogP contribution in [0.3, 0.4) is 0 Å². The topological polar surface area (TPSA) is 78.7 Å². The summed E-state index contributed by atoms with van der Waals surface area (Å²) in [5.41, 5.74) is 1.35. The SMILES string of the molecule is C[C@H](NC(=O)[C@@H](C)N1CCN(c2ccc(Cl)cc2[N+](=O)[O-])CC1)c1ccc(F)cc1. The third-order valence-corrected chi connectivity index (χ3v) is 5.68. The molecule has 30 heavy (non-hydrogen) atoms. The maximum atomic E-state index is 13.1. The van der Waals surface area contributed by atoms with Crippen molar-refractivity contribution in [3.63, 3.8) is 0 Å². The summed E-state index contributed by atoms with van der Waals surface area (Å²) < 4.78 is 13.1. The van der Waals surface area contributed by atoms with E-state index in [0.29, 0.717) is 36.9 Å². The van der Waals surface area contributed by atoms with Gasteiger partial charge in [-0.25, -0.2) is 4.39 Å². The summed E-state index contributed by atoms with van der Waals surface area (Å²) in [6.45, 7) is 6.02. The van der Waals surface area contributed by atoms with Crippen molar-refractivity contribution in [1.29, 1.82) is 0 Å². The number of anilines is 1. The first kappa shape index (κ1) is 22.0. The van der Waals surface area contributed by atoms with Gasteiger partial charge in [-0.2, -0.15) is 0 Å². The molecule has 7 nitrogen and oxygen atoms in total. The molecule has 1 N–H and O–H groups in total. The van der Waals surface area contributed by atoms with Crippen LogP contribution in [0.4, 0.5) is 15.8 Å². The normalized spacial score (nSPS) is 16.7. The van der Waals surface area contributed by atoms with Crippen molar-refractivity contribution in [2.75, 3.05) is 31.1 Å². The van der Waals surface area contributed by atoms with Crippen LogP contribution in [0.15, 0.2) is 42.5 Å². The number of carbonyl (C=O) groups excluding carboxylic acids is 1. The fraction of sp³-hybridized carbons (Fsp3) is 0.381. The number of benzene rings is 2. The summed E-state index contributed by atoms with van der Waals surface area (Å²) in [6, 6.07) is 10.1. The highest BCUT2D eigenvalue weighted by molar-refractivity contribution is 6.30. The number of hydrogen-bond donors (Lipinski definition) is 1. The number of amides is 1. The lowest BCUT2D eigenvalue weighted by Gasteiger charge is -2.38. The Hall–Kier alpha value is -2.71. The Bertz CT molecular complexity index is 917. The van der Waals surface area contributed by atoms with Crippen molar-refractivity contribution in [3.05, 3.63) is 69.0 Å². The fourth-order valence-electron chi connectivity index (χ4n) is 3.59. The molecule has 1 aliphatic heterocycles. The minimum absolute atomic E-state index is 0.0186. The average molecular weight is 435 g/mol. The summed E-state index contributed by atoms with van der Waals surface area (Å²) in [5.74, 6) is -0.429. The molecule has 1 amide bonds. The van der Waals surface area contributed by atoms with Crippen molar-refractivity contribution in [1.82, 2.24) is 10.2 Å². The summed E-state index contributed by atoms with van der Waals surface area (Å²) in [5, 5.41) is 14.6. The van der Waals surface area contributed by atoms with E-state index in [1.54, 1.807) is 24.3 Å². The van der Waals surface area contributed by atoms with Crippen molar-refractivity contribution in [2.45, 2.75) is 25.9 Å². The maximum Gasteiger partial charge on any atom is 0.294 e. The predicted molar refractivity (Wildman–Crippen MR) is 114 cm³/mol. The van der Waals surface area contributed by atoms with Crippen LogP contribution in [0.1, 0.15) is 25.5 Å². The first-order chi connectivity index (χ1) is 14.3. The first-order valence-electron chi connectivity index (χ1n) is 9.75. The van der Waals surface area contributed by atoms with Gasteiger partial charge in [-0.1, -0.05) is 23.7 Å². The zero-order valence-corrected chi connectivity index (χ0v) is 17.6. The van der Waals surface area contributed by atoms with E-state index in [-0.39, 0.29) is 29.5 Å². The quantitative estimate of drug-likeness (QED) is 0.553. The molecule has 0 bridgehead atoms. The predicted octanol–water partition coefficient (Wildman–Crippen LogP) is 3.78.